The Labute approximate surface area is 498 Å². The molecule has 0 aliphatic carbocycles. The topological polar surface area (TPSA) is 228 Å². The Kier molecular flexibility index (Phi) is 49.0. The van der Waals surface area contributed by atoms with Crippen molar-refractivity contribution in [1.82, 2.24) is 5.32 Å². The van der Waals surface area contributed by atoms with Gasteiger partial charge in [-0.05, 0) is 77.0 Å². The lowest BCUT2D eigenvalue weighted by atomic mass is 9.97. The molecule has 0 radical (unpaired) electrons. The minimum Gasteiger partial charge on any atom is -0.394 e. The van der Waals surface area contributed by atoms with Gasteiger partial charge < -0.3 is 65.1 Å². The summed E-state index contributed by atoms with van der Waals surface area (Å²) in [7, 11) is 0. The standard InChI is InChI=1S/C68H123NO13/c1-3-5-7-9-11-13-15-17-19-21-22-23-24-25-26-27-28-29-30-31-32-33-34-36-37-39-41-43-45-47-49-51-57(72)56(69-60(73)52-50-48-46-44-42-40-38-35-20-18-16-14-12-10-8-6-4-2)55-79-67-65(78)63(76)66(59(54-71)81-67)82-68-64(77)62(75)61(74)58(53-70)80-68/h12,14,18,20,34,36,41,43,49,51,56-59,61-68,70-72,74-78H,3-11,13,15-17,19,21-33,35,37-40,42,44-48,50,52-55H2,1-2H3,(H,69,73)/b14-12-,20-18-,36-34+,43-41+,51-49+. The van der Waals surface area contributed by atoms with Crippen LogP contribution < -0.4 is 5.32 Å². The van der Waals surface area contributed by atoms with Crippen LogP contribution in [0.2, 0.25) is 0 Å². The number of rotatable bonds is 54. The number of amides is 1. The quantitative estimate of drug-likeness (QED) is 0.0204. The van der Waals surface area contributed by atoms with Gasteiger partial charge in [-0.15, -0.1) is 0 Å². The number of allylic oxidation sites excluding steroid dienone is 9. The van der Waals surface area contributed by atoms with Gasteiger partial charge in [0.2, 0.25) is 5.91 Å². The number of hydrogen-bond donors (Lipinski definition) is 9. The number of aliphatic hydroxyl groups excluding tert-OH is 8. The first-order valence-electron chi connectivity index (χ1n) is 33.5. The molecule has 12 atom stereocenters. The first kappa shape index (κ1) is 75.8. The van der Waals surface area contributed by atoms with E-state index < -0.39 is 86.8 Å². The molecule has 2 aliphatic heterocycles. The Morgan fingerprint density at radius 1 is 0.439 bits per heavy atom. The average Bonchev–Trinajstić information content (AvgIpc) is 3.49. The molecule has 0 aromatic carbocycles. The van der Waals surface area contributed by atoms with Crippen molar-refractivity contribution in [3.8, 4) is 0 Å². The molecule has 0 aromatic rings. The number of hydrogen-bond acceptors (Lipinski definition) is 13. The summed E-state index contributed by atoms with van der Waals surface area (Å²) in [6, 6.07) is -0.945. The fourth-order valence-electron chi connectivity index (χ4n) is 10.8. The van der Waals surface area contributed by atoms with Gasteiger partial charge in [0.05, 0.1) is 32.0 Å². The van der Waals surface area contributed by atoms with E-state index in [-0.39, 0.29) is 18.9 Å². The maximum absolute atomic E-state index is 13.3. The summed E-state index contributed by atoms with van der Waals surface area (Å²) in [5.74, 6) is -0.261. The van der Waals surface area contributed by atoms with Crippen LogP contribution in [0, 0.1) is 0 Å². The molecule has 12 unspecified atom stereocenters. The number of carbonyl (C=O) groups is 1. The zero-order chi connectivity index (χ0) is 59.5. The normalized spacial score (nSPS) is 24.3. The zero-order valence-electron chi connectivity index (χ0n) is 51.7. The van der Waals surface area contributed by atoms with Crippen LogP contribution >= 0.6 is 0 Å². The SMILES string of the molecule is CCCCC/C=C\C/C=C\CCCCCCCCCC(=O)NC(COC1OC(CO)C(OC2OC(CO)C(O)C(O)C2O)C(O)C1O)C(O)/C=C/CC/C=C/CC/C=C/CCCCCCCCCCCCCCCCCCCCCCC. The highest BCUT2D eigenvalue weighted by Gasteiger charge is 2.51. The van der Waals surface area contributed by atoms with Crippen LogP contribution in [0.15, 0.2) is 60.8 Å². The summed E-state index contributed by atoms with van der Waals surface area (Å²) >= 11 is 0. The third kappa shape index (κ3) is 37.3. The predicted molar refractivity (Wildman–Crippen MR) is 332 cm³/mol. The zero-order valence-corrected chi connectivity index (χ0v) is 51.7. The van der Waals surface area contributed by atoms with Gasteiger partial charge in [0.15, 0.2) is 12.6 Å². The minimum atomic E-state index is -1.80. The molecule has 2 fully saturated rings. The Bertz CT molecular complexity index is 1610. The molecular formula is C68H123NO13. The first-order valence-corrected chi connectivity index (χ1v) is 33.5. The van der Waals surface area contributed by atoms with Crippen molar-refractivity contribution in [1.29, 1.82) is 0 Å². The largest absolute Gasteiger partial charge is 0.394 e. The molecule has 0 spiro atoms. The number of unbranched alkanes of at least 4 members (excludes halogenated alkanes) is 33. The molecule has 0 saturated carbocycles. The second kappa shape index (κ2) is 53.0. The molecule has 2 heterocycles. The highest BCUT2D eigenvalue weighted by Crippen LogP contribution is 2.30. The van der Waals surface area contributed by atoms with Crippen molar-refractivity contribution in [2.24, 2.45) is 0 Å². The van der Waals surface area contributed by atoms with Crippen molar-refractivity contribution in [3.63, 3.8) is 0 Å². The monoisotopic (exact) mass is 1160 g/mol. The summed E-state index contributed by atoms with van der Waals surface area (Å²) in [6.45, 7) is 2.76. The molecule has 14 nitrogen and oxygen atoms in total. The van der Waals surface area contributed by atoms with Gasteiger partial charge in [-0.1, -0.05) is 248 Å². The van der Waals surface area contributed by atoms with E-state index in [4.69, 9.17) is 18.9 Å². The van der Waals surface area contributed by atoms with Crippen LogP contribution in [0.3, 0.4) is 0 Å². The van der Waals surface area contributed by atoms with E-state index in [0.717, 1.165) is 64.2 Å². The molecule has 1 amide bonds. The van der Waals surface area contributed by atoms with Gasteiger partial charge in [-0.25, -0.2) is 0 Å². The van der Waals surface area contributed by atoms with E-state index >= 15 is 0 Å². The smallest absolute Gasteiger partial charge is 0.220 e. The van der Waals surface area contributed by atoms with Gasteiger partial charge in [-0.3, -0.25) is 4.79 Å². The summed E-state index contributed by atoms with van der Waals surface area (Å²) in [5.41, 5.74) is 0. The van der Waals surface area contributed by atoms with Crippen LogP contribution in [0.4, 0.5) is 0 Å². The van der Waals surface area contributed by atoms with Crippen LogP contribution in [0.5, 0.6) is 0 Å². The molecule has 82 heavy (non-hydrogen) atoms. The van der Waals surface area contributed by atoms with E-state index in [2.05, 4.69) is 67.8 Å². The summed E-state index contributed by atoms with van der Waals surface area (Å²) < 4.78 is 22.8. The van der Waals surface area contributed by atoms with E-state index in [1.54, 1.807) is 6.08 Å². The predicted octanol–water partition coefficient (Wildman–Crippen LogP) is 12.9. The number of ether oxygens (including phenoxy) is 4. The Morgan fingerprint density at radius 3 is 1.29 bits per heavy atom. The third-order valence-corrected chi connectivity index (χ3v) is 16.2. The lowest BCUT2D eigenvalue weighted by Gasteiger charge is -2.46. The molecular weight excluding hydrogens is 1040 g/mol. The van der Waals surface area contributed by atoms with E-state index in [0.29, 0.717) is 12.8 Å². The van der Waals surface area contributed by atoms with Gasteiger partial charge >= 0.3 is 0 Å². The van der Waals surface area contributed by atoms with Crippen LogP contribution in [-0.2, 0) is 23.7 Å². The fraction of sp³-hybridized carbons (Fsp3) is 0.838. The molecule has 9 N–H and O–H groups in total. The highest BCUT2D eigenvalue weighted by molar-refractivity contribution is 5.76. The van der Waals surface area contributed by atoms with Crippen molar-refractivity contribution in [3.05, 3.63) is 60.8 Å². The average molecular weight is 1160 g/mol. The highest BCUT2D eigenvalue weighted by atomic mass is 16.7. The van der Waals surface area contributed by atoms with E-state index in [1.165, 1.54) is 173 Å². The van der Waals surface area contributed by atoms with Crippen molar-refractivity contribution in [2.75, 3.05) is 19.8 Å². The summed E-state index contributed by atoms with van der Waals surface area (Å²) in [4.78, 5) is 13.3. The second-order valence-corrected chi connectivity index (χ2v) is 23.6. The van der Waals surface area contributed by atoms with Crippen LogP contribution in [0.25, 0.3) is 0 Å². The third-order valence-electron chi connectivity index (χ3n) is 16.2. The molecule has 2 rings (SSSR count). The molecule has 0 bridgehead atoms. The number of carbonyl (C=O) groups excluding carboxylic acids is 1. The van der Waals surface area contributed by atoms with Crippen LogP contribution in [-0.4, -0.2) is 140 Å². The lowest BCUT2D eigenvalue weighted by molar-refractivity contribution is -0.359. The second-order valence-electron chi connectivity index (χ2n) is 23.6. The number of aliphatic hydroxyl groups is 8. The van der Waals surface area contributed by atoms with Gasteiger partial charge in [0, 0.05) is 6.42 Å². The molecule has 478 valence electrons. The molecule has 0 aromatic heterocycles. The Morgan fingerprint density at radius 2 is 0.817 bits per heavy atom. The summed E-state index contributed by atoms with van der Waals surface area (Å²) in [6.07, 6.45) is 52.8. The fourth-order valence-corrected chi connectivity index (χ4v) is 10.8. The van der Waals surface area contributed by atoms with E-state index in [1.807, 2.05) is 6.08 Å². The van der Waals surface area contributed by atoms with Gasteiger partial charge in [-0.2, -0.15) is 0 Å². The summed E-state index contributed by atoms with van der Waals surface area (Å²) in [5, 5.41) is 87.2. The van der Waals surface area contributed by atoms with Crippen molar-refractivity contribution >= 4 is 5.91 Å². The van der Waals surface area contributed by atoms with Gasteiger partial charge in [0.1, 0.15) is 48.8 Å². The maximum Gasteiger partial charge on any atom is 0.220 e. The minimum absolute atomic E-state index is 0.259. The maximum atomic E-state index is 13.3. The van der Waals surface area contributed by atoms with Crippen LogP contribution in [0.1, 0.15) is 271 Å². The lowest BCUT2D eigenvalue weighted by Crippen LogP contribution is -2.65. The molecule has 14 heteroatoms. The molecule has 2 aliphatic rings. The van der Waals surface area contributed by atoms with Crippen molar-refractivity contribution < 1.29 is 64.6 Å². The molecule has 2 saturated heterocycles. The first-order chi connectivity index (χ1) is 40.1. The van der Waals surface area contributed by atoms with Gasteiger partial charge in [0.25, 0.3) is 0 Å². The number of nitrogens with one attached hydrogen (secondary N) is 1. The van der Waals surface area contributed by atoms with E-state index in [9.17, 15) is 45.6 Å². The Balaban J connectivity index is 1.71. The Hall–Kier alpha value is -2.31. The van der Waals surface area contributed by atoms with Crippen molar-refractivity contribution in [2.45, 2.75) is 344 Å².